The summed E-state index contributed by atoms with van der Waals surface area (Å²) in [6.07, 6.45) is 2.06. The van der Waals surface area contributed by atoms with Gasteiger partial charge in [-0.05, 0) is 55.5 Å². The van der Waals surface area contributed by atoms with E-state index in [1.807, 2.05) is 13.1 Å². The summed E-state index contributed by atoms with van der Waals surface area (Å²) >= 11 is 6.40. The van der Waals surface area contributed by atoms with Gasteiger partial charge in [-0.25, -0.2) is 0 Å². The summed E-state index contributed by atoms with van der Waals surface area (Å²) in [6.45, 7) is 4.32. The van der Waals surface area contributed by atoms with E-state index in [0.717, 1.165) is 17.9 Å². The fourth-order valence-electron chi connectivity index (χ4n) is 2.95. The molecule has 0 aromatic heterocycles. The molecule has 0 bridgehead atoms. The zero-order valence-corrected chi connectivity index (χ0v) is 13.8. The Kier molecular flexibility index (Phi) is 5.84. The number of benzene rings is 2. The molecule has 0 heterocycles. The van der Waals surface area contributed by atoms with Crippen molar-refractivity contribution in [1.29, 1.82) is 0 Å². The lowest BCUT2D eigenvalue weighted by molar-refractivity contribution is 0.448. The van der Waals surface area contributed by atoms with Crippen LogP contribution in [-0.2, 0) is 6.42 Å². The van der Waals surface area contributed by atoms with Crippen LogP contribution < -0.4 is 5.32 Å². The molecular formula is C19H24ClN. The molecule has 0 fully saturated rings. The third kappa shape index (κ3) is 4.09. The molecular weight excluding hydrogens is 278 g/mol. The van der Waals surface area contributed by atoms with Crippen LogP contribution >= 0.6 is 11.6 Å². The first-order valence-corrected chi connectivity index (χ1v) is 8.00. The molecule has 2 unspecified atom stereocenters. The van der Waals surface area contributed by atoms with E-state index < -0.39 is 0 Å². The predicted octanol–water partition coefficient (Wildman–Crippen LogP) is 4.97. The maximum atomic E-state index is 6.40. The van der Waals surface area contributed by atoms with Gasteiger partial charge in [0.05, 0.1) is 0 Å². The molecule has 2 heteroatoms. The second kappa shape index (κ2) is 7.63. The lowest BCUT2D eigenvalue weighted by Crippen LogP contribution is -2.34. The first-order valence-electron chi connectivity index (χ1n) is 7.63. The van der Waals surface area contributed by atoms with Crippen molar-refractivity contribution in [3.8, 4) is 0 Å². The average Bonchev–Trinajstić information content (AvgIpc) is 2.50. The van der Waals surface area contributed by atoms with Gasteiger partial charge in [0, 0.05) is 11.1 Å². The maximum Gasteiger partial charge on any atom is 0.0441 e. The quantitative estimate of drug-likeness (QED) is 0.794. The summed E-state index contributed by atoms with van der Waals surface area (Å²) < 4.78 is 0. The monoisotopic (exact) mass is 301 g/mol. The van der Waals surface area contributed by atoms with E-state index >= 15 is 0 Å². The summed E-state index contributed by atoms with van der Waals surface area (Å²) in [4.78, 5) is 0. The summed E-state index contributed by atoms with van der Waals surface area (Å²) in [5.74, 6) is 0.494. The zero-order valence-electron chi connectivity index (χ0n) is 13.1. The molecule has 2 rings (SSSR count). The van der Waals surface area contributed by atoms with Crippen LogP contribution in [0.1, 0.15) is 36.0 Å². The Morgan fingerprint density at radius 1 is 1.10 bits per heavy atom. The molecule has 1 nitrogen and oxygen atoms in total. The Bertz CT molecular complexity index is 565. The van der Waals surface area contributed by atoms with E-state index in [9.17, 15) is 0 Å². The van der Waals surface area contributed by atoms with E-state index in [2.05, 4.69) is 61.6 Å². The molecule has 1 N–H and O–H groups in total. The van der Waals surface area contributed by atoms with Gasteiger partial charge in [-0.3, -0.25) is 0 Å². The molecule has 0 aliphatic carbocycles. The highest BCUT2D eigenvalue weighted by Gasteiger charge is 2.21. The van der Waals surface area contributed by atoms with Gasteiger partial charge in [0.1, 0.15) is 0 Å². The normalized spacial score (nSPS) is 13.9. The molecule has 2 aromatic carbocycles. The first kappa shape index (κ1) is 16.1. The highest BCUT2D eigenvalue weighted by Crippen LogP contribution is 2.27. The summed E-state index contributed by atoms with van der Waals surface area (Å²) in [7, 11) is 2.04. The smallest absolute Gasteiger partial charge is 0.0441 e. The van der Waals surface area contributed by atoms with Crippen LogP contribution in [0.5, 0.6) is 0 Å². The number of likely N-dealkylation sites (N-methyl/N-ethyl adjacent to an activating group) is 1. The Morgan fingerprint density at radius 2 is 1.81 bits per heavy atom. The number of hydrogen-bond donors (Lipinski definition) is 1. The van der Waals surface area contributed by atoms with Crippen molar-refractivity contribution in [3.63, 3.8) is 0 Å². The SMILES string of the molecule is CCC(c1ccccc1)C(Cc1ccc(C)cc1Cl)NC. The first-order chi connectivity index (χ1) is 10.2. The number of rotatable bonds is 6. The summed E-state index contributed by atoms with van der Waals surface area (Å²) in [6, 6.07) is 17.5. The van der Waals surface area contributed by atoms with Crippen LogP contribution in [0, 0.1) is 6.92 Å². The molecule has 0 aliphatic heterocycles. The standard InChI is InChI=1S/C19H24ClN/c1-4-17(15-8-6-5-7-9-15)19(21-3)13-16-11-10-14(2)12-18(16)20/h5-12,17,19,21H,4,13H2,1-3H3. The number of hydrogen-bond acceptors (Lipinski definition) is 1. The Labute approximate surface area is 133 Å². The molecule has 2 aromatic rings. The van der Waals surface area contributed by atoms with Crippen molar-refractivity contribution in [1.82, 2.24) is 5.32 Å². The zero-order chi connectivity index (χ0) is 15.2. The fraction of sp³-hybridized carbons (Fsp3) is 0.368. The minimum atomic E-state index is 0.387. The summed E-state index contributed by atoms with van der Waals surface area (Å²) in [5, 5.41) is 4.36. The minimum Gasteiger partial charge on any atom is -0.316 e. The van der Waals surface area contributed by atoms with Gasteiger partial charge in [0.2, 0.25) is 0 Å². The van der Waals surface area contributed by atoms with Gasteiger partial charge in [-0.15, -0.1) is 0 Å². The summed E-state index contributed by atoms with van der Waals surface area (Å²) in [5.41, 5.74) is 3.82. The van der Waals surface area contributed by atoms with Crippen molar-refractivity contribution in [3.05, 3.63) is 70.2 Å². The van der Waals surface area contributed by atoms with E-state index in [1.54, 1.807) is 0 Å². The van der Waals surface area contributed by atoms with Crippen molar-refractivity contribution in [2.24, 2.45) is 0 Å². The predicted molar refractivity (Wildman–Crippen MR) is 92.2 cm³/mol. The highest BCUT2D eigenvalue weighted by atomic mass is 35.5. The fourth-order valence-corrected chi connectivity index (χ4v) is 3.27. The molecule has 0 radical (unpaired) electrons. The van der Waals surface area contributed by atoms with Gasteiger partial charge >= 0.3 is 0 Å². The van der Waals surface area contributed by atoms with E-state index in [1.165, 1.54) is 16.7 Å². The Balaban J connectivity index is 2.22. The highest BCUT2D eigenvalue weighted by molar-refractivity contribution is 6.31. The third-order valence-corrected chi connectivity index (χ3v) is 4.52. The van der Waals surface area contributed by atoms with Gasteiger partial charge in [0.25, 0.3) is 0 Å². The Morgan fingerprint density at radius 3 is 2.38 bits per heavy atom. The van der Waals surface area contributed by atoms with Crippen LogP contribution in [0.3, 0.4) is 0 Å². The lowest BCUT2D eigenvalue weighted by Gasteiger charge is -2.27. The van der Waals surface area contributed by atoms with Crippen LogP contribution in [0.4, 0.5) is 0 Å². The van der Waals surface area contributed by atoms with Gasteiger partial charge in [-0.2, -0.15) is 0 Å². The maximum absolute atomic E-state index is 6.40. The Hall–Kier alpha value is -1.31. The van der Waals surface area contributed by atoms with Crippen molar-refractivity contribution < 1.29 is 0 Å². The second-order valence-corrected chi connectivity index (χ2v) is 6.03. The number of halogens is 1. The van der Waals surface area contributed by atoms with E-state index in [-0.39, 0.29) is 0 Å². The second-order valence-electron chi connectivity index (χ2n) is 5.62. The average molecular weight is 302 g/mol. The molecule has 2 atom stereocenters. The van der Waals surface area contributed by atoms with Crippen LogP contribution in [-0.4, -0.2) is 13.1 Å². The van der Waals surface area contributed by atoms with Crippen LogP contribution in [0.25, 0.3) is 0 Å². The molecule has 0 amide bonds. The van der Waals surface area contributed by atoms with Crippen LogP contribution in [0.15, 0.2) is 48.5 Å². The topological polar surface area (TPSA) is 12.0 Å². The molecule has 112 valence electrons. The van der Waals surface area contributed by atoms with Gasteiger partial charge < -0.3 is 5.32 Å². The molecule has 0 spiro atoms. The van der Waals surface area contributed by atoms with Crippen molar-refractivity contribution in [2.75, 3.05) is 7.05 Å². The van der Waals surface area contributed by atoms with Crippen molar-refractivity contribution >= 4 is 11.6 Å². The van der Waals surface area contributed by atoms with E-state index in [4.69, 9.17) is 11.6 Å². The number of nitrogens with one attached hydrogen (secondary N) is 1. The minimum absolute atomic E-state index is 0.387. The number of aryl methyl sites for hydroxylation is 1. The van der Waals surface area contributed by atoms with Gasteiger partial charge in [0.15, 0.2) is 0 Å². The molecule has 0 saturated heterocycles. The molecule has 21 heavy (non-hydrogen) atoms. The molecule has 0 saturated carbocycles. The third-order valence-electron chi connectivity index (χ3n) is 4.17. The largest absolute Gasteiger partial charge is 0.316 e. The lowest BCUT2D eigenvalue weighted by atomic mass is 9.85. The van der Waals surface area contributed by atoms with Crippen molar-refractivity contribution in [2.45, 2.75) is 38.6 Å². The van der Waals surface area contributed by atoms with E-state index in [0.29, 0.717) is 12.0 Å². The van der Waals surface area contributed by atoms with Crippen LogP contribution in [0.2, 0.25) is 5.02 Å². The molecule has 0 aliphatic rings. The van der Waals surface area contributed by atoms with Gasteiger partial charge in [-0.1, -0.05) is 61.0 Å².